The first-order valence-corrected chi connectivity index (χ1v) is 6.14. The van der Waals surface area contributed by atoms with Crippen LogP contribution in [0.4, 0.5) is 0 Å². The second-order valence-corrected chi connectivity index (χ2v) is 4.34. The number of aliphatic hydroxyl groups is 1. The summed E-state index contributed by atoms with van der Waals surface area (Å²) >= 11 is 5.79. The molecule has 18 heavy (non-hydrogen) atoms. The third-order valence-corrected chi connectivity index (χ3v) is 2.79. The van der Waals surface area contributed by atoms with E-state index >= 15 is 0 Å². The van der Waals surface area contributed by atoms with E-state index in [0.717, 1.165) is 0 Å². The summed E-state index contributed by atoms with van der Waals surface area (Å²) in [7, 11) is 0. The number of halogens is 1. The number of pyridine rings is 1. The molecule has 2 aromatic rings. The lowest BCUT2D eigenvalue weighted by Crippen LogP contribution is -1.98. The van der Waals surface area contributed by atoms with Crippen LogP contribution >= 0.6 is 11.6 Å². The molecule has 0 spiro atoms. The SMILES string of the molecule is CC[C@H](O)c1ccc(Oc2ccc(Cl)cc2)cn1. The van der Waals surface area contributed by atoms with Gasteiger partial charge < -0.3 is 9.84 Å². The average molecular weight is 264 g/mol. The second kappa shape index (κ2) is 5.85. The number of hydrogen-bond acceptors (Lipinski definition) is 3. The Labute approximate surface area is 111 Å². The van der Waals surface area contributed by atoms with Gasteiger partial charge in [-0.3, -0.25) is 4.98 Å². The van der Waals surface area contributed by atoms with Crippen molar-refractivity contribution in [2.45, 2.75) is 19.4 Å². The topological polar surface area (TPSA) is 42.4 Å². The van der Waals surface area contributed by atoms with E-state index in [1.54, 1.807) is 42.6 Å². The maximum Gasteiger partial charge on any atom is 0.145 e. The van der Waals surface area contributed by atoms with E-state index in [4.69, 9.17) is 16.3 Å². The third kappa shape index (κ3) is 3.22. The molecule has 0 saturated heterocycles. The van der Waals surface area contributed by atoms with Crippen molar-refractivity contribution in [2.75, 3.05) is 0 Å². The Bertz CT molecular complexity index is 496. The smallest absolute Gasteiger partial charge is 0.145 e. The quantitative estimate of drug-likeness (QED) is 0.908. The van der Waals surface area contributed by atoms with Gasteiger partial charge in [0.2, 0.25) is 0 Å². The van der Waals surface area contributed by atoms with Crippen LogP contribution in [0.15, 0.2) is 42.6 Å². The van der Waals surface area contributed by atoms with Crippen molar-refractivity contribution in [1.82, 2.24) is 4.98 Å². The highest BCUT2D eigenvalue weighted by Gasteiger charge is 2.06. The van der Waals surface area contributed by atoms with Crippen LogP contribution in [0.2, 0.25) is 5.02 Å². The number of aromatic nitrogens is 1. The number of ether oxygens (including phenoxy) is 1. The lowest BCUT2D eigenvalue weighted by Gasteiger charge is -2.09. The molecule has 2 rings (SSSR count). The summed E-state index contributed by atoms with van der Waals surface area (Å²) in [6, 6.07) is 10.7. The van der Waals surface area contributed by atoms with E-state index in [1.807, 2.05) is 6.92 Å². The highest BCUT2D eigenvalue weighted by atomic mass is 35.5. The summed E-state index contributed by atoms with van der Waals surface area (Å²) in [6.45, 7) is 1.91. The lowest BCUT2D eigenvalue weighted by molar-refractivity contribution is 0.169. The van der Waals surface area contributed by atoms with Crippen molar-refractivity contribution in [1.29, 1.82) is 0 Å². The summed E-state index contributed by atoms with van der Waals surface area (Å²) in [6.07, 6.45) is 1.72. The highest BCUT2D eigenvalue weighted by molar-refractivity contribution is 6.30. The summed E-state index contributed by atoms with van der Waals surface area (Å²) in [5.74, 6) is 1.33. The molecule has 0 aliphatic heterocycles. The Balaban J connectivity index is 2.08. The Morgan fingerprint density at radius 2 is 1.83 bits per heavy atom. The molecule has 94 valence electrons. The van der Waals surface area contributed by atoms with Crippen LogP contribution < -0.4 is 4.74 Å². The minimum absolute atomic E-state index is 0.519. The number of benzene rings is 1. The van der Waals surface area contributed by atoms with Crippen LogP contribution in [0.5, 0.6) is 11.5 Å². The number of nitrogens with zero attached hydrogens (tertiary/aromatic N) is 1. The summed E-state index contributed by atoms with van der Waals surface area (Å²) in [4.78, 5) is 4.16. The van der Waals surface area contributed by atoms with Gasteiger partial charge in [-0.25, -0.2) is 0 Å². The Hall–Kier alpha value is -1.58. The van der Waals surface area contributed by atoms with Crippen LogP contribution in [0.1, 0.15) is 25.1 Å². The normalized spacial score (nSPS) is 12.2. The molecule has 4 heteroatoms. The van der Waals surface area contributed by atoms with Gasteiger partial charge in [0, 0.05) is 5.02 Å². The predicted molar refractivity (Wildman–Crippen MR) is 71.0 cm³/mol. The van der Waals surface area contributed by atoms with Gasteiger partial charge in [-0.2, -0.15) is 0 Å². The molecular weight excluding hydrogens is 250 g/mol. The molecule has 0 aliphatic carbocycles. The third-order valence-electron chi connectivity index (χ3n) is 2.54. The van der Waals surface area contributed by atoms with Crippen molar-refractivity contribution in [2.24, 2.45) is 0 Å². The number of rotatable bonds is 4. The average Bonchev–Trinajstić information content (AvgIpc) is 2.41. The lowest BCUT2D eigenvalue weighted by atomic mass is 10.2. The van der Waals surface area contributed by atoms with Crippen LogP contribution in [0.3, 0.4) is 0 Å². The second-order valence-electron chi connectivity index (χ2n) is 3.90. The molecule has 3 nitrogen and oxygen atoms in total. The molecule has 0 saturated carbocycles. The standard InChI is InChI=1S/C14H14ClNO2/c1-2-14(17)13-8-7-12(9-16-13)18-11-5-3-10(15)4-6-11/h3-9,14,17H,2H2,1H3/t14-/m0/s1. The molecule has 0 unspecified atom stereocenters. The van der Waals surface area contributed by atoms with Gasteiger partial charge in [0.15, 0.2) is 0 Å². The summed E-state index contributed by atoms with van der Waals surface area (Å²) in [5.41, 5.74) is 0.654. The zero-order chi connectivity index (χ0) is 13.0. The molecule has 1 heterocycles. The van der Waals surface area contributed by atoms with E-state index in [9.17, 15) is 5.11 Å². The van der Waals surface area contributed by atoms with Gasteiger partial charge in [0.1, 0.15) is 11.5 Å². The zero-order valence-corrected chi connectivity index (χ0v) is 10.8. The molecular formula is C14H14ClNO2. The first-order chi connectivity index (χ1) is 8.69. The fourth-order valence-electron chi connectivity index (χ4n) is 1.50. The van der Waals surface area contributed by atoms with Crippen molar-refractivity contribution in [3.05, 3.63) is 53.3 Å². The largest absolute Gasteiger partial charge is 0.456 e. The van der Waals surface area contributed by atoms with E-state index < -0.39 is 6.10 Å². The van der Waals surface area contributed by atoms with E-state index in [2.05, 4.69) is 4.98 Å². The molecule has 0 radical (unpaired) electrons. The molecule has 0 aliphatic rings. The van der Waals surface area contributed by atoms with Crippen molar-refractivity contribution < 1.29 is 9.84 Å². The molecule has 0 bridgehead atoms. The molecule has 1 aromatic carbocycles. The van der Waals surface area contributed by atoms with E-state index in [0.29, 0.717) is 28.6 Å². The van der Waals surface area contributed by atoms with Gasteiger partial charge in [-0.05, 0) is 42.8 Å². The van der Waals surface area contributed by atoms with Gasteiger partial charge in [-0.15, -0.1) is 0 Å². The monoisotopic (exact) mass is 263 g/mol. The van der Waals surface area contributed by atoms with Crippen molar-refractivity contribution in [3.8, 4) is 11.5 Å². The summed E-state index contributed by atoms with van der Waals surface area (Å²) < 4.78 is 5.60. The maximum atomic E-state index is 9.62. The minimum Gasteiger partial charge on any atom is -0.456 e. The maximum absolute atomic E-state index is 9.62. The van der Waals surface area contributed by atoms with E-state index in [1.165, 1.54) is 0 Å². The molecule has 1 atom stereocenters. The van der Waals surface area contributed by atoms with Gasteiger partial charge in [-0.1, -0.05) is 18.5 Å². The molecule has 0 amide bonds. The predicted octanol–water partition coefficient (Wildman–Crippen LogP) is 3.97. The summed E-state index contributed by atoms with van der Waals surface area (Å²) in [5, 5.41) is 10.3. The minimum atomic E-state index is -0.519. The van der Waals surface area contributed by atoms with Crippen LogP contribution in [0.25, 0.3) is 0 Å². The first-order valence-electron chi connectivity index (χ1n) is 5.76. The van der Waals surface area contributed by atoms with Crippen LogP contribution in [-0.2, 0) is 0 Å². The first kappa shape index (κ1) is 12.9. The van der Waals surface area contributed by atoms with Gasteiger partial charge in [0.25, 0.3) is 0 Å². The Kier molecular flexibility index (Phi) is 4.18. The van der Waals surface area contributed by atoms with Gasteiger partial charge >= 0.3 is 0 Å². The molecule has 1 N–H and O–H groups in total. The fourth-order valence-corrected chi connectivity index (χ4v) is 1.62. The van der Waals surface area contributed by atoms with Crippen LogP contribution in [-0.4, -0.2) is 10.1 Å². The Morgan fingerprint density at radius 3 is 2.39 bits per heavy atom. The fraction of sp³-hybridized carbons (Fsp3) is 0.214. The highest BCUT2D eigenvalue weighted by Crippen LogP contribution is 2.23. The number of aliphatic hydroxyl groups excluding tert-OH is 1. The van der Waals surface area contributed by atoms with Crippen LogP contribution in [0, 0.1) is 0 Å². The molecule has 0 fully saturated rings. The Morgan fingerprint density at radius 1 is 1.17 bits per heavy atom. The van der Waals surface area contributed by atoms with Gasteiger partial charge in [0.05, 0.1) is 18.0 Å². The number of hydrogen-bond donors (Lipinski definition) is 1. The van der Waals surface area contributed by atoms with E-state index in [-0.39, 0.29) is 0 Å². The zero-order valence-electron chi connectivity index (χ0n) is 10.0. The van der Waals surface area contributed by atoms with Crippen molar-refractivity contribution in [3.63, 3.8) is 0 Å². The van der Waals surface area contributed by atoms with Crippen molar-refractivity contribution >= 4 is 11.6 Å². The molecule has 1 aromatic heterocycles.